The quantitative estimate of drug-likeness (QED) is 0.308. The van der Waals surface area contributed by atoms with Gasteiger partial charge >= 0.3 is 0 Å². The fraction of sp³-hybridized carbons (Fsp3) is 0.385. The Kier molecular flexibility index (Phi) is 5.66. The van der Waals surface area contributed by atoms with Gasteiger partial charge in [0.05, 0.1) is 13.5 Å². The van der Waals surface area contributed by atoms with Crippen molar-refractivity contribution in [2.24, 2.45) is 10.9 Å². The number of oxime groups is 1. The molecule has 1 unspecified atom stereocenters. The lowest BCUT2D eigenvalue weighted by atomic mass is 10.1. The molecule has 1 atom stereocenters. The molecule has 0 aliphatic heterocycles. The van der Waals surface area contributed by atoms with Crippen molar-refractivity contribution in [1.29, 1.82) is 0 Å². The molecule has 0 fully saturated rings. The number of ether oxygens (including phenoxy) is 1. The van der Waals surface area contributed by atoms with Crippen molar-refractivity contribution >= 4 is 11.7 Å². The predicted molar refractivity (Wildman–Crippen MR) is 72.3 cm³/mol. The summed E-state index contributed by atoms with van der Waals surface area (Å²) >= 11 is 0. The number of amides is 1. The van der Waals surface area contributed by atoms with E-state index in [1.165, 1.54) is 0 Å². The number of nitrogens with two attached hydrogens (primary N) is 1. The lowest BCUT2D eigenvalue weighted by molar-refractivity contribution is -0.121. The second kappa shape index (κ2) is 7.25. The van der Waals surface area contributed by atoms with Crippen LogP contribution in [0.5, 0.6) is 5.75 Å². The SMILES string of the molecule is COc1ccccc1CC(=O)NC(C)CC(N)=NO. The highest BCUT2D eigenvalue weighted by atomic mass is 16.5. The normalized spacial score (nSPS) is 12.8. The molecule has 0 aromatic heterocycles. The van der Waals surface area contributed by atoms with Crippen LogP contribution in [0.1, 0.15) is 18.9 Å². The highest BCUT2D eigenvalue weighted by Gasteiger charge is 2.12. The van der Waals surface area contributed by atoms with E-state index in [2.05, 4.69) is 10.5 Å². The molecule has 0 spiro atoms. The maximum absolute atomic E-state index is 11.9. The van der Waals surface area contributed by atoms with Gasteiger partial charge in [0.15, 0.2) is 0 Å². The first-order valence-corrected chi connectivity index (χ1v) is 5.94. The van der Waals surface area contributed by atoms with E-state index in [-0.39, 0.29) is 24.2 Å². The monoisotopic (exact) mass is 265 g/mol. The molecule has 1 amide bonds. The van der Waals surface area contributed by atoms with Crippen LogP contribution in [-0.2, 0) is 11.2 Å². The maximum Gasteiger partial charge on any atom is 0.224 e. The summed E-state index contributed by atoms with van der Waals surface area (Å²) in [6.07, 6.45) is 0.526. The number of nitrogens with one attached hydrogen (secondary N) is 1. The Morgan fingerprint density at radius 2 is 2.21 bits per heavy atom. The molecule has 0 bridgehead atoms. The summed E-state index contributed by atoms with van der Waals surface area (Å²) in [5, 5.41) is 14.1. The van der Waals surface area contributed by atoms with E-state index in [0.717, 1.165) is 5.56 Å². The third-order valence-electron chi connectivity index (χ3n) is 2.59. The van der Waals surface area contributed by atoms with Gasteiger partial charge in [-0.15, -0.1) is 0 Å². The average Bonchev–Trinajstić information content (AvgIpc) is 2.38. The van der Waals surface area contributed by atoms with E-state index < -0.39 is 0 Å². The number of benzene rings is 1. The second-order valence-electron chi connectivity index (χ2n) is 4.25. The Bertz CT molecular complexity index is 460. The van der Waals surface area contributed by atoms with Crippen molar-refractivity contribution in [2.75, 3.05) is 7.11 Å². The van der Waals surface area contributed by atoms with Gasteiger partial charge < -0.3 is 21.0 Å². The van der Waals surface area contributed by atoms with Crippen LogP contribution in [0.25, 0.3) is 0 Å². The average molecular weight is 265 g/mol. The number of carbonyl (C=O) groups is 1. The summed E-state index contributed by atoms with van der Waals surface area (Å²) in [7, 11) is 1.57. The van der Waals surface area contributed by atoms with Gasteiger partial charge in [0, 0.05) is 18.0 Å². The van der Waals surface area contributed by atoms with Gasteiger partial charge in [-0.3, -0.25) is 4.79 Å². The first kappa shape index (κ1) is 14.8. The van der Waals surface area contributed by atoms with Crippen LogP contribution in [0.4, 0.5) is 0 Å². The Labute approximate surface area is 112 Å². The standard InChI is InChI=1S/C13H19N3O3/c1-9(7-12(14)16-18)15-13(17)8-10-5-3-4-6-11(10)19-2/h3-6,9,18H,7-8H2,1-2H3,(H2,14,16)(H,15,17). The fourth-order valence-electron chi connectivity index (χ4n) is 1.75. The third-order valence-corrected chi connectivity index (χ3v) is 2.59. The fourth-order valence-corrected chi connectivity index (χ4v) is 1.75. The molecule has 1 rings (SSSR count). The summed E-state index contributed by atoms with van der Waals surface area (Å²) in [5.41, 5.74) is 6.19. The van der Waals surface area contributed by atoms with Crippen molar-refractivity contribution in [2.45, 2.75) is 25.8 Å². The molecule has 4 N–H and O–H groups in total. The molecule has 0 saturated heterocycles. The predicted octanol–water partition coefficient (Wildman–Crippen LogP) is 0.879. The van der Waals surface area contributed by atoms with Crippen LogP contribution in [-0.4, -0.2) is 30.1 Å². The zero-order valence-corrected chi connectivity index (χ0v) is 11.1. The summed E-state index contributed by atoms with van der Waals surface area (Å²) in [5.74, 6) is 0.634. The third kappa shape index (κ3) is 4.87. The molecular formula is C13H19N3O3. The minimum Gasteiger partial charge on any atom is -0.496 e. The summed E-state index contributed by atoms with van der Waals surface area (Å²) < 4.78 is 5.18. The van der Waals surface area contributed by atoms with E-state index >= 15 is 0 Å². The van der Waals surface area contributed by atoms with Crippen molar-refractivity contribution < 1.29 is 14.7 Å². The van der Waals surface area contributed by atoms with Crippen LogP contribution in [0.15, 0.2) is 29.4 Å². The van der Waals surface area contributed by atoms with Crippen LogP contribution >= 0.6 is 0 Å². The molecular weight excluding hydrogens is 246 g/mol. The number of rotatable bonds is 6. The molecule has 0 heterocycles. The molecule has 0 aliphatic rings. The zero-order valence-electron chi connectivity index (χ0n) is 11.1. The lowest BCUT2D eigenvalue weighted by Crippen LogP contribution is -2.36. The van der Waals surface area contributed by atoms with E-state index in [0.29, 0.717) is 12.2 Å². The number of hydrogen-bond donors (Lipinski definition) is 3. The van der Waals surface area contributed by atoms with Crippen LogP contribution in [0.3, 0.4) is 0 Å². The number of hydrogen-bond acceptors (Lipinski definition) is 4. The molecule has 1 aromatic rings. The van der Waals surface area contributed by atoms with Crippen LogP contribution in [0, 0.1) is 0 Å². The Hall–Kier alpha value is -2.24. The minimum atomic E-state index is -0.196. The molecule has 104 valence electrons. The largest absolute Gasteiger partial charge is 0.496 e. The minimum absolute atomic E-state index is 0.0880. The first-order chi connectivity index (χ1) is 9.06. The van der Waals surface area contributed by atoms with E-state index in [4.69, 9.17) is 15.7 Å². The number of methoxy groups -OCH3 is 1. The van der Waals surface area contributed by atoms with Gasteiger partial charge in [0.2, 0.25) is 5.91 Å². The molecule has 0 radical (unpaired) electrons. The van der Waals surface area contributed by atoms with Gasteiger partial charge in [-0.1, -0.05) is 23.4 Å². The molecule has 6 heteroatoms. The molecule has 6 nitrogen and oxygen atoms in total. The highest BCUT2D eigenvalue weighted by Crippen LogP contribution is 2.17. The van der Waals surface area contributed by atoms with Crippen molar-refractivity contribution in [1.82, 2.24) is 5.32 Å². The van der Waals surface area contributed by atoms with Crippen molar-refractivity contribution in [3.05, 3.63) is 29.8 Å². The first-order valence-electron chi connectivity index (χ1n) is 5.94. The molecule has 0 aliphatic carbocycles. The van der Waals surface area contributed by atoms with Gasteiger partial charge in [-0.25, -0.2) is 0 Å². The highest BCUT2D eigenvalue weighted by molar-refractivity contribution is 5.83. The molecule has 0 saturated carbocycles. The summed E-state index contributed by atoms with van der Waals surface area (Å²) in [4.78, 5) is 11.9. The lowest BCUT2D eigenvalue weighted by Gasteiger charge is -2.14. The molecule has 19 heavy (non-hydrogen) atoms. The number of nitrogens with zero attached hydrogens (tertiary/aromatic N) is 1. The number of para-hydroxylation sites is 1. The van der Waals surface area contributed by atoms with Crippen molar-refractivity contribution in [3.8, 4) is 5.75 Å². The zero-order chi connectivity index (χ0) is 14.3. The van der Waals surface area contributed by atoms with Gasteiger partial charge in [0.25, 0.3) is 0 Å². The van der Waals surface area contributed by atoms with Crippen molar-refractivity contribution in [3.63, 3.8) is 0 Å². The number of carbonyl (C=O) groups excluding carboxylic acids is 1. The maximum atomic E-state index is 11.9. The van der Waals surface area contributed by atoms with E-state index in [1.807, 2.05) is 24.3 Å². The molecule has 1 aromatic carbocycles. The Morgan fingerprint density at radius 3 is 2.84 bits per heavy atom. The Morgan fingerprint density at radius 1 is 1.53 bits per heavy atom. The van der Waals surface area contributed by atoms with E-state index in [1.54, 1.807) is 14.0 Å². The van der Waals surface area contributed by atoms with Gasteiger partial charge in [-0.05, 0) is 13.0 Å². The topological polar surface area (TPSA) is 96.9 Å². The second-order valence-corrected chi connectivity index (χ2v) is 4.25. The Balaban J connectivity index is 2.55. The van der Waals surface area contributed by atoms with E-state index in [9.17, 15) is 4.79 Å². The smallest absolute Gasteiger partial charge is 0.224 e. The van der Waals surface area contributed by atoms with Gasteiger partial charge in [0.1, 0.15) is 11.6 Å². The van der Waals surface area contributed by atoms with Gasteiger partial charge in [-0.2, -0.15) is 0 Å². The summed E-state index contributed by atoms with van der Waals surface area (Å²) in [6.45, 7) is 1.79. The van der Waals surface area contributed by atoms with Crippen LogP contribution in [0.2, 0.25) is 0 Å². The van der Waals surface area contributed by atoms with Crippen LogP contribution < -0.4 is 15.8 Å². The summed E-state index contributed by atoms with van der Waals surface area (Å²) in [6, 6.07) is 7.15. The number of amidine groups is 1.